The number of nitrogens with zero attached hydrogens (tertiary/aromatic N) is 2. The first-order valence-electron chi connectivity index (χ1n) is 5.33. The van der Waals surface area contributed by atoms with E-state index >= 15 is 0 Å². The first kappa shape index (κ1) is 13.6. The van der Waals surface area contributed by atoms with E-state index in [9.17, 15) is 4.39 Å². The van der Waals surface area contributed by atoms with Gasteiger partial charge in [-0.3, -0.25) is 0 Å². The van der Waals surface area contributed by atoms with Gasteiger partial charge in [-0.1, -0.05) is 40.8 Å². The predicted molar refractivity (Wildman–Crippen MR) is 75.0 cm³/mol. The number of halogens is 2. The second-order valence-corrected chi connectivity index (χ2v) is 6.04. The molecule has 0 radical (unpaired) electrons. The van der Waals surface area contributed by atoms with E-state index in [4.69, 9.17) is 11.6 Å². The van der Waals surface area contributed by atoms with E-state index in [0.717, 1.165) is 21.6 Å². The summed E-state index contributed by atoms with van der Waals surface area (Å²) >= 11 is 8.99. The Morgan fingerprint density at radius 1 is 1.44 bits per heavy atom. The van der Waals surface area contributed by atoms with Crippen LogP contribution >= 0.6 is 34.7 Å². The second-order valence-electron chi connectivity index (χ2n) is 3.43. The molecule has 1 heterocycles. The Kier molecular flexibility index (Phi) is 4.79. The van der Waals surface area contributed by atoms with Gasteiger partial charge in [0.2, 0.25) is 5.13 Å². The van der Waals surface area contributed by atoms with Crippen molar-refractivity contribution in [3.8, 4) is 0 Å². The van der Waals surface area contributed by atoms with Gasteiger partial charge in [-0.05, 0) is 24.6 Å². The molecule has 3 nitrogen and oxygen atoms in total. The first-order valence-corrected chi connectivity index (χ1v) is 7.51. The van der Waals surface area contributed by atoms with Crippen LogP contribution in [-0.2, 0) is 5.75 Å². The van der Waals surface area contributed by atoms with Gasteiger partial charge in [0, 0.05) is 17.3 Å². The van der Waals surface area contributed by atoms with Gasteiger partial charge in [-0.15, -0.1) is 10.2 Å². The summed E-state index contributed by atoms with van der Waals surface area (Å²) in [5.74, 6) is 0.332. The molecule has 96 valence electrons. The summed E-state index contributed by atoms with van der Waals surface area (Å²) in [6.07, 6.45) is 0. The Labute approximate surface area is 118 Å². The van der Waals surface area contributed by atoms with E-state index in [0.29, 0.717) is 10.8 Å². The lowest BCUT2D eigenvalue weighted by molar-refractivity contribution is 0.627. The molecule has 2 rings (SSSR count). The van der Waals surface area contributed by atoms with Crippen molar-refractivity contribution in [1.29, 1.82) is 0 Å². The van der Waals surface area contributed by atoms with Crippen LogP contribution in [0.15, 0.2) is 22.5 Å². The molecule has 0 aliphatic carbocycles. The number of rotatable bonds is 5. The molecule has 0 amide bonds. The normalized spacial score (nSPS) is 10.6. The summed E-state index contributed by atoms with van der Waals surface area (Å²) in [6, 6.07) is 4.42. The highest BCUT2D eigenvalue weighted by Crippen LogP contribution is 2.30. The molecule has 2 aromatic rings. The summed E-state index contributed by atoms with van der Waals surface area (Å²) < 4.78 is 13.7. The molecule has 1 aromatic heterocycles. The summed E-state index contributed by atoms with van der Waals surface area (Å²) in [5.41, 5.74) is 0.892. The van der Waals surface area contributed by atoms with Crippen LogP contribution in [-0.4, -0.2) is 16.7 Å². The second kappa shape index (κ2) is 6.36. The Hall–Kier alpha value is -0.850. The topological polar surface area (TPSA) is 37.8 Å². The highest BCUT2D eigenvalue weighted by Gasteiger charge is 2.07. The number of nitrogens with one attached hydrogen (secondary N) is 1. The van der Waals surface area contributed by atoms with E-state index in [1.54, 1.807) is 6.07 Å². The maximum atomic E-state index is 12.9. The van der Waals surface area contributed by atoms with Crippen LogP contribution in [0.3, 0.4) is 0 Å². The molecule has 0 atom stereocenters. The van der Waals surface area contributed by atoms with Crippen LogP contribution in [0.1, 0.15) is 12.5 Å². The fourth-order valence-electron chi connectivity index (χ4n) is 1.27. The minimum atomic E-state index is -0.320. The van der Waals surface area contributed by atoms with Gasteiger partial charge in [0.1, 0.15) is 5.82 Å². The third kappa shape index (κ3) is 3.57. The van der Waals surface area contributed by atoms with Gasteiger partial charge < -0.3 is 5.32 Å². The molecule has 1 N–H and O–H groups in total. The third-order valence-electron chi connectivity index (χ3n) is 2.10. The minimum Gasteiger partial charge on any atom is -0.360 e. The summed E-state index contributed by atoms with van der Waals surface area (Å²) in [7, 11) is 0. The highest BCUT2D eigenvalue weighted by atomic mass is 35.5. The van der Waals surface area contributed by atoms with E-state index in [2.05, 4.69) is 15.5 Å². The largest absolute Gasteiger partial charge is 0.360 e. The van der Waals surface area contributed by atoms with Crippen molar-refractivity contribution in [2.45, 2.75) is 17.0 Å². The number of anilines is 1. The zero-order valence-corrected chi connectivity index (χ0v) is 12.0. The van der Waals surface area contributed by atoms with Gasteiger partial charge in [0.05, 0.1) is 0 Å². The molecular weight excluding hydrogens is 293 g/mol. The fourth-order valence-corrected chi connectivity index (χ4v) is 3.41. The van der Waals surface area contributed by atoms with Gasteiger partial charge >= 0.3 is 0 Å². The maximum Gasteiger partial charge on any atom is 0.206 e. The van der Waals surface area contributed by atoms with E-state index < -0.39 is 0 Å². The van der Waals surface area contributed by atoms with Crippen molar-refractivity contribution < 1.29 is 4.39 Å². The molecule has 0 spiro atoms. The van der Waals surface area contributed by atoms with E-state index in [-0.39, 0.29) is 5.82 Å². The quantitative estimate of drug-likeness (QED) is 0.846. The molecule has 7 heteroatoms. The maximum absolute atomic E-state index is 12.9. The lowest BCUT2D eigenvalue weighted by Gasteiger charge is -2.01. The number of aromatic nitrogens is 2. The zero-order valence-electron chi connectivity index (χ0n) is 9.61. The molecule has 18 heavy (non-hydrogen) atoms. The van der Waals surface area contributed by atoms with Crippen molar-refractivity contribution in [2.75, 3.05) is 11.9 Å². The Morgan fingerprint density at radius 2 is 2.28 bits per heavy atom. The summed E-state index contributed by atoms with van der Waals surface area (Å²) in [6.45, 7) is 2.83. The minimum absolute atomic E-state index is 0.320. The van der Waals surface area contributed by atoms with Crippen LogP contribution in [0.4, 0.5) is 9.52 Å². The van der Waals surface area contributed by atoms with E-state index in [1.165, 1.54) is 35.2 Å². The van der Waals surface area contributed by atoms with Crippen molar-refractivity contribution in [1.82, 2.24) is 10.2 Å². The number of hydrogen-bond donors (Lipinski definition) is 1. The van der Waals surface area contributed by atoms with Crippen molar-refractivity contribution >= 4 is 39.8 Å². The van der Waals surface area contributed by atoms with Gasteiger partial charge in [0.25, 0.3) is 0 Å². The van der Waals surface area contributed by atoms with Crippen LogP contribution in [0.25, 0.3) is 0 Å². The van der Waals surface area contributed by atoms with Gasteiger partial charge in [-0.2, -0.15) is 0 Å². The molecule has 0 bridgehead atoms. The smallest absolute Gasteiger partial charge is 0.206 e. The molecule has 0 saturated heterocycles. The zero-order chi connectivity index (χ0) is 13.0. The lowest BCUT2D eigenvalue weighted by atomic mass is 10.2. The SMILES string of the molecule is CCNc1nnc(SCc2ccc(F)cc2Cl)s1. The molecule has 0 aliphatic heterocycles. The monoisotopic (exact) mass is 303 g/mol. The van der Waals surface area contributed by atoms with Crippen molar-refractivity contribution in [2.24, 2.45) is 0 Å². The molecule has 0 saturated carbocycles. The van der Waals surface area contributed by atoms with Crippen LogP contribution < -0.4 is 5.32 Å². The Bertz CT molecular complexity index is 533. The van der Waals surface area contributed by atoms with Gasteiger partial charge in [-0.25, -0.2) is 4.39 Å². The molecule has 0 aliphatic rings. The summed E-state index contributed by atoms with van der Waals surface area (Å²) in [4.78, 5) is 0. The average molecular weight is 304 g/mol. The van der Waals surface area contributed by atoms with Crippen LogP contribution in [0, 0.1) is 5.82 Å². The van der Waals surface area contributed by atoms with Crippen molar-refractivity contribution in [3.63, 3.8) is 0 Å². The van der Waals surface area contributed by atoms with E-state index in [1.807, 2.05) is 6.92 Å². The third-order valence-corrected chi connectivity index (χ3v) is 4.52. The molecule has 0 unspecified atom stereocenters. The highest BCUT2D eigenvalue weighted by molar-refractivity contribution is 8.00. The molecule has 0 fully saturated rings. The van der Waals surface area contributed by atoms with Crippen molar-refractivity contribution in [3.05, 3.63) is 34.6 Å². The number of thioether (sulfide) groups is 1. The lowest BCUT2D eigenvalue weighted by Crippen LogP contribution is -1.94. The first-order chi connectivity index (χ1) is 8.69. The Balaban J connectivity index is 1.97. The number of benzene rings is 1. The van der Waals surface area contributed by atoms with Crippen LogP contribution in [0.5, 0.6) is 0 Å². The van der Waals surface area contributed by atoms with Gasteiger partial charge in [0.15, 0.2) is 4.34 Å². The predicted octanol–water partition coefficient (Wildman–Crippen LogP) is 4.05. The molecular formula is C11H11ClFN3S2. The molecule has 1 aromatic carbocycles. The number of hydrogen-bond acceptors (Lipinski definition) is 5. The van der Waals surface area contributed by atoms with Crippen LogP contribution in [0.2, 0.25) is 5.02 Å². The standard InChI is InChI=1S/C11H11ClFN3S2/c1-2-14-10-15-16-11(18-10)17-6-7-3-4-8(13)5-9(7)12/h3-5H,2,6H2,1H3,(H,14,15). The average Bonchev–Trinajstić information content (AvgIpc) is 2.76. The Morgan fingerprint density at radius 3 is 3.00 bits per heavy atom. The fraction of sp³-hybridized carbons (Fsp3) is 0.273. The summed E-state index contributed by atoms with van der Waals surface area (Å²) in [5, 5.41) is 12.4.